The number of fused-ring (bicyclic) bond motifs is 1. The molecular weight excluding hydrogens is 408 g/mol. The van der Waals surface area contributed by atoms with Crippen molar-refractivity contribution >= 4 is 23.0 Å². The number of hydrogen-bond acceptors (Lipinski definition) is 4. The van der Waals surface area contributed by atoms with Gasteiger partial charge in [-0.05, 0) is 90.7 Å². The average Bonchev–Trinajstić information content (AvgIpc) is 3.28. The van der Waals surface area contributed by atoms with Crippen molar-refractivity contribution < 1.29 is 9.15 Å². The molecule has 5 aromatic rings. The molecule has 0 unspecified atom stereocenters. The molecule has 0 aliphatic rings. The molecule has 1 heterocycles. The molecule has 0 radical (unpaired) electrons. The third kappa shape index (κ3) is 4.85. The van der Waals surface area contributed by atoms with E-state index >= 15 is 0 Å². The third-order valence-corrected chi connectivity index (χ3v) is 5.62. The van der Waals surface area contributed by atoms with Crippen molar-refractivity contribution in [2.45, 2.75) is 20.5 Å². The van der Waals surface area contributed by atoms with Crippen LogP contribution in [0.2, 0.25) is 0 Å². The van der Waals surface area contributed by atoms with E-state index in [2.05, 4.69) is 48.1 Å². The van der Waals surface area contributed by atoms with Crippen LogP contribution in [-0.2, 0) is 6.61 Å². The molecule has 0 saturated heterocycles. The molecule has 0 N–H and O–H groups in total. The zero-order valence-electron chi connectivity index (χ0n) is 18.7. The Bertz CT molecular complexity index is 1420. The Morgan fingerprint density at radius 2 is 1.67 bits per heavy atom. The Morgan fingerprint density at radius 1 is 0.848 bits per heavy atom. The van der Waals surface area contributed by atoms with Gasteiger partial charge in [-0.25, -0.2) is 4.98 Å². The molecule has 33 heavy (non-hydrogen) atoms. The predicted octanol–water partition coefficient (Wildman–Crippen LogP) is 7.44. The molecular formula is C29H24N2O2. The Balaban J connectivity index is 1.28. The highest BCUT2D eigenvalue weighted by Crippen LogP contribution is 2.28. The summed E-state index contributed by atoms with van der Waals surface area (Å²) in [7, 11) is 0. The quantitative estimate of drug-likeness (QED) is 0.262. The maximum atomic E-state index is 5.96. The van der Waals surface area contributed by atoms with Crippen LogP contribution in [0.4, 0.5) is 5.69 Å². The van der Waals surface area contributed by atoms with E-state index in [1.54, 1.807) is 0 Å². The van der Waals surface area contributed by atoms with Gasteiger partial charge in [0.15, 0.2) is 5.58 Å². The van der Waals surface area contributed by atoms with Gasteiger partial charge in [0.1, 0.15) is 17.9 Å². The molecule has 4 aromatic carbocycles. The summed E-state index contributed by atoms with van der Waals surface area (Å²) in [6.45, 7) is 4.74. The Hall–Kier alpha value is -4.18. The van der Waals surface area contributed by atoms with Gasteiger partial charge in [-0.3, -0.25) is 4.99 Å². The lowest BCUT2D eigenvalue weighted by Gasteiger charge is -2.06. The Labute approximate surface area is 193 Å². The van der Waals surface area contributed by atoms with E-state index in [1.165, 1.54) is 11.1 Å². The van der Waals surface area contributed by atoms with Crippen molar-refractivity contribution in [3.05, 3.63) is 113 Å². The van der Waals surface area contributed by atoms with Gasteiger partial charge in [0.05, 0.1) is 5.69 Å². The predicted molar refractivity (Wildman–Crippen MR) is 133 cm³/mol. The maximum absolute atomic E-state index is 5.96. The standard InChI is InChI=1S/C29H24N2O2/c1-20-8-11-24(16-21(20)2)29-31-27-17-25(12-15-28(27)33-29)30-18-22-9-13-26(14-10-22)32-19-23-6-4-3-5-7-23/h3-18H,19H2,1-2H3. The van der Waals surface area contributed by atoms with Gasteiger partial charge in [0.2, 0.25) is 5.89 Å². The lowest BCUT2D eigenvalue weighted by atomic mass is 10.1. The van der Waals surface area contributed by atoms with Crippen LogP contribution in [0.5, 0.6) is 5.75 Å². The summed E-state index contributed by atoms with van der Waals surface area (Å²) in [6, 6.07) is 30.1. The molecule has 0 aliphatic carbocycles. The second kappa shape index (κ2) is 9.13. The van der Waals surface area contributed by atoms with Gasteiger partial charge in [-0.15, -0.1) is 0 Å². The van der Waals surface area contributed by atoms with Crippen LogP contribution in [0.3, 0.4) is 0 Å². The topological polar surface area (TPSA) is 47.6 Å². The first-order chi connectivity index (χ1) is 16.1. The monoisotopic (exact) mass is 432 g/mol. The number of ether oxygens (including phenoxy) is 1. The molecule has 1 aromatic heterocycles. The van der Waals surface area contributed by atoms with Gasteiger partial charge in [-0.1, -0.05) is 36.4 Å². The van der Waals surface area contributed by atoms with Crippen molar-refractivity contribution in [1.82, 2.24) is 4.98 Å². The second-order valence-electron chi connectivity index (χ2n) is 8.07. The summed E-state index contributed by atoms with van der Waals surface area (Å²) in [5, 5.41) is 0. The minimum absolute atomic E-state index is 0.552. The molecule has 0 saturated carbocycles. The fourth-order valence-corrected chi connectivity index (χ4v) is 3.53. The molecule has 4 heteroatoms. The molecule has 162 valence electrons. The van der Waals surface area contributed by atoms with E-state index in [1.807, 2.05) is 72.9 Å². The lowest BCUT2D eigenvalue weighted by molar-refractivity contribution is 0.306. The fourth-order valence-electron chi connectivity index (χ4n) is 3.53. The number of oxazole rings is 1. The van der Waals surface area contributed by atoms with Crippen molar-refractivity contribution in [1.29, 1.82) is 0 Å². The SMILES string of the molecule is Cc1ccc(-c2nc3cc(N=Cc4ccc(OCc5ccccc5)cc4)ccc3o2)cc1C. The summed E-state index contributed by atoms with van der Waals surface area (Å²) in [5.41, 5.74) is 7.97. The van der Waals surface area contributed by atoms with Gasteiger partial charge in [-0.2, -0.15) is 0 Å². The van der Waals surface area contributed by atoms with Crippen LogP contribution in [0.15, 0.2) is 100 Å². The number of benzene rings is 4. The number of aliphatic imine (C=N–C) groups is 1. The first-order valence-corrected chi connectivity index (χ1v) is 10.9. The zero-order valence-corrected chi connectivity index (χ0v) is 18.7. The Morgan fingerprint density at radius 3 is 2.45 bits per heavy atom. The van der Waals surface area contributed by atoms with Crippen molar-refractivity contribution in [2.24, 2.45) is 4.99 Å². The summed E-state index contributed by atoms with van der Waals surface area (Å²) in [5.74, 6) is 1.46. The second-order valence-corrected chi connectivity index (χ2v) is 8.07. The highest BCUT2D eigenvalue weighted by atomic mass is 16.5. The summed E-state index contributed by atoms with van der Waals surface area (Å²) >= 11 is 0. The van der Waals surface area contributed by atoms with Gasteiger partial charge in [0, 0.05) is 11.8 Å². The van der Waals surface area contributed by atoms with E-state index in [-0.39, 0.29) is 0 Å². The van der Waals surface area contributed by atoms with Crippen molar-refractivity contribution in [3.63, 3.8) is 0 Å². The number of aryl methyl sites for hydroxylation is 2. The highest BCUT2D eigenvalue weighted by Gasteiger charge is 2.09. The molecule has 0 spiro atoms. The van der Waals surface area contributed by atoms with Crippen LogP contribution in [-0.4, -0.2) is 11.2 Å². The summed E-state index contributed by atoms with van der Waals surface area (Å²) in [4.78, 5) is 9.28. The number of aromatic nitrogens is 1. The molecule has 0 aliphatic heterocycles. The minimum atomic E-state index is 0.552. The lowest BCUT2D eigenvalue weighted by Crippen LogP contribution is -1.94. The zero-order chi connectivity index (χ0) is 22.6. The van der Waals surface area contributed by atoms with E-state index in [4.69, 9.17) is 9.15 Å². The van der Waals surface area contributed by atoms with Gasteiger partial charge in [0.25, 0.3) is 0 Å². The number of hydrogen-bond donors (Lipinski definition) is 0. The van der Waals surface area contributed by atoms with Gasteiger partial charge < -0.3 is 9.15 Å². The molecule has 0 bridgehead atoms. The first kappa shape index (κ1) is 20.7. The maximum Gasteiger partial charge on any atom is 0.227 e. The summed E-state index contributed by atoms with van der Waals surface area (Å²) < 4.78 is 11.8. The fraction of sp³-hybridized carbons (Fsp3) is 0.103. The normalized spacial score (nSPS) is 11.3. The van der Waals surface area contributed by atoms with E-state index in [0.29, 0.717) is 12.5 Å². The molecule has 0 atom stereocenters. The Kier molecular flexibility index (Phi) is 5.73. The van der Waals surface area contributed by atoms with Crippen molar-refractivity contribution in [3.8, 4) is 17.2 Å². The largest absolute Gasteiger partial charge is 0.489 e. The van der Waals surface area contributed by atoms with Crippen LogP contribution in [0, 0.1) is 13.8 Å². The molecule has 0 fully saturated rings. The van der Waals surface area contributed by atoms with Crippen LogP contribution in [0.25, 0.3) is 22.6 Å². The van der Waals surface area contributed by atoms with Gasteiger partial charge >= 0.3 is 0 Å². The molecule has 0 amide bonds. The van der Waals surface area contributed by atoms with E-state index in [0.717, 1.165) is 39.2 Å². The molecule has 5 rings (SSSR count). The number of nitrogens with zero attached hydrogens (tertiary/aromatic N) is 2. The third-order valence-electron chi connectivity index (χ3n) is 5.62. The minimum Gasteiger partial charge on any atom is -0.489 e. The molecule has 4 nitrogen and oxygen atoms in total. The summed E-state index contributed by atoms with van der Waals surface area (Å²) in [6.07, 6.45) is 1.84. The number of rotatable bonds is 6. The van der Waals surface area contributed by atoms with E-state index < -0.39 is 0 Å². The van der Waals surface area contributed by atoms with Crippen LogP contribution < -0.4 is 4.74 Å². The smallest absolute Gasteiger partial charge is 0.227 e. The van der Waals surface area contributed by atoms with E-state index in [9.17, 15) is 0 Å². The highest BCUT2D eigenvalue weighted by molar-refractivity contribution is 5.85. The first-order valence-electron chi connectivity index (χ1n) is 10.9. The van der Waals surface area contributed by atoms with Crippen LogP contribution >= 0.6 is 0 Å². The van der Waals surface area contributed by atoms with Crippen LogP contribution in [0.1, 0.15) is 22.3 Å². The van der Waals surface area contributed by atoms with Crippen molar-refractivity contribution in [2.75, 3.05) is 0 Å². The average molecular weight is 433 g/mol.